The maximum atomic E-state index is 11.9. The molecule has 4 nitrogen and oxygen atoms in total. The first-order valence-corrected chi connectivity index (χ1v) is 8.10. The second kappa shape index (κ2) is 7.68. The van der Waals surface area contributed by atoms with Crippen molar-refractivity contribution in [1.29, 1.82) is 0 Å². The zero-order valence-electron chi connectivity index (χ0n) is 13.1. The summed E-state index contributed by atoms with van der Waals surface area (Å²) >= 11 is 0. The van der Waals surface area contributed by atoms with Crippen LogP contribution in [-0.2, 0) is 6.42 Å². The molecule has 0 saturated heterocycles. The fourth-order valence-electron chi connectivity index (χ4n) is 2.82. The molecule has 2 N–H and O–H groups in total. The Hall–Kier alpha value is -2.49. The highest BCUT2D eigenvalue weighted by molar-refractivity contribution is 5.73. The molecule has 1 aliphatic rings. The third-order valence-corrected chi connectivity index (χ3v) is 4.08. The number of amides is 2. The Kier molecular flexibility index (Phi) is 5.14. The van der Waals surface area contributed by atoms with E-state index in [-0.39, 0.29) is 11.9 Å². The predicted octanol–water partition coefficient (Wildman–Crippen LogP) is 3.09. The summed E-state index contributed by atoms with van der Waals surface area (Å²) in [5, 5.41) is 5.84. The molecule has 2 aromatic carbocycles. The Morgan fingerprint density at radius 3 is 2.70 bits per heavy atom. The quantitative estimate of drug-likeness (QED) is 0.806. The number of para-hydroxylation sites is 1. The third kappa shape index (κ3) is 4.25. The molecule has 0 aromatic heterocycles. The molecule has 2 aromatic rings. The van der Waals surface area contributed by atoms with Crippen LogP contribution in [-0.4, -0.2) is 25.7 Å². The molecular weight excluding hydrogens is 288 g/mol. The minimum absolute atomic E-state index is 0.109. The normalized spacial score (nSPS) is 15.6. The van der Waals surface area contributed by atoms with Gasteiger partial charge in [-0.25, -0.2) is 4.79 Å². The van der Waals surface area contributed by atoms with E-state index >= 15 is 0 Å². The summed E-state index contributed by atoms with van der Waals surface area (Å²) in [6.45, 7) is 1.91. The van der Waals surface area contributed by atoms with Gasteiger partial charge in [0.25, 0.3) is 0 Å². The van der Waals surface area contributed by atoms with Crippen LogP contribution in [0.2, 0.25) is 0 Å². The Bertz CT molecular complexity index is 643. The largest absolute Gasteiger partial charge is 0.493 e. The van der Waals surface area contributed by atoms with Crippen LogP contribution in [0, 0.1) is 0 Å². The van der Waals surface area contributed by atoms with E-state index in [4.69, 9.17) is 4.74 Å². The fraction of sp³-hybridized carbons (Fsp3) is 0.316. The van der Waals surface area contributed by atoms with Gasteiger partial charge >= 0.3 is 6.03 Å². The smallest absolute Gasteiger partial charge is 0.314 e. The number of urea groups is 1. The lowest BCUT2D eigenvalue weighted by molar-refractivity contribution is 0.239. The first-order valence-electron chi connectivity index (χ1n) is 8.10. The SMILES string of the molecule is O=C(NCCCc1ccccc1)NC[C@H]1COc2ccccc21. The molecule has 1 atom stereocenters. The van der Waals surface area contributed by atoms with E-state index in [1.54, 1.807) is 0 Å². The van der Waals surface area contributed by atoms with E-state index in [0.29, 0.717) is 19.7 Å². The van der Waals surface area contributed by atoms with Crippen molar-refractivity contribution in [3.05, 3.63) is 65.7 Å². The maximum Gasteiger partial charge on any atom is 0.314 e. The highest BCUT2D eigenvalue weighted by atomic mass is 16.5. The summed E-state index contributed by atoms with van der Waals surface area (Å²) in [5.74, 6) is 1.17. The average molecular weight is 310 g/mol. The number of carbonyl (C=O) groups is 1. The monoisotopic (exact) mass is 310 g/mol. The second-order valence-electron chi connectivity index (χ2n) is 5.77. The Morgan fingerprint density at radius 2 is 1.83 bits per heavy atom. The summed E-state index contributed by atoms with van der Waals surface area (Å²) in [7, 11) is 0. The molecule has 0 fully saturated rings. The Labute approximate surface area is 136 Å². The van der Waals surface area contributed by atoms with Gasteiger partial charge in [0.2, 0.25) is 0 Å². The summed E-state index contributed by atoms with van der Waals surface area (Å²) in [6.07, 6.45) is 1.91. The highest BCUT2D eigenvalue weighted by Gasteiger charge is 2.23. The molecule has 4 heteroatoms. The number of hydrogen-bond acceptors (Lipinski definition) is 2. The first kappa shape index (κ1) is 15.4. The van der Waals surface area contributed by atoms with Crippen molar-refractivity contribution in [1.82, 2.24) is 10.6 Å². The molecule has 3 rings (SSSR count). The van der Waals surface area contributed by atoms with Crippen molar-refractivity contribution in [3.8, 4) is 5.75 Å². The third-order valence-electron chi connectivity index (χ3n) is 4.08. The predicted molar refractivity (Wildman–Crippen MR) is 90.8 cm³/mol. The number of carbonyl (C=O) groups excluding carboxylic acids is 1. The highest BCUT2D eigenvalue weighted by Crippen LogP contribution is 2.32. The maximum absolute atomic E-state index is 11.9. The number of hydrogen-bond donors (Lipinski definition) is 2. The van der Waals surface area contributed by atoms with Gasteiger partial charge in [-0.15, -0.1) is 0 Å². The molecule has 0 radical (unpaired) electrons. The molecule has 1 aliphatic heterocycles. The topological polar surface area (TPSA) is 50.4 Å². The van der Waals surface area contributed by atoms with Crippen LogP contribution < -0.4 is 15.4 Å². The van der Waals surface area contributed by atoms with Crippen molar-refractivity contribution in [2.75, 3.05) is 19.7 Å². The minimum atomic E-state index is -0.109. The molecule has 1 heterocycles. The molecule has 23 heavy (non-hydrogen) atoms. The van der Waals surface area contributed by atoms with Crippen molar-refractivity contribution in [2.24, 2.45) is 0 Å². The summed E-state index contributed by atoms with van der Waals surface area (Å²) < 4.78 is 5.62. The summed E-state index contributed by atoms with van der Waals surface area (Å²) in [6, 6.07) is 18.2. The molecule has 0 bridgehead atoms. The van der Waals surface area contributed by atoms with Gasteiger partial charge < -0.3 is 15.4 Å². The van der Waals surface area contributed by atoms with E-state index in [1.165, 1.54) is 11.1 Å². The van der Waals surface area contributed by atoms with E-state index in [2.05, 4.69) is 28.8 Å². The number of fused-ring (bicyclic) bond motifs is 1. The van der Waals surface area contributed by atoms with Crippen molar-refractivity contribution < 1.29 is 9.53 Å². The molecule has 0 spiro atoms. The van der Waals surface area contributed by atoms with Gasteiger partial charge in [-0.1, -0.05) is 48.5 Å². The standard InChI is InChI=1S/C19H22N2O2/c22-19(20-12-6-9-15-7-2-1-3-8-15)21-13-16-14-23-18-11-5-4-10-17(16)18/h1-5,7-8,10-11,16H,6,9,12-14H2,(H2,20,21,22)/t16-/m0/s1. The Morgan fingerprint density at radius 1 is 1.04 bits per heavy atom. The van der Waals surface area contributed by atoms with Crippen LogP contribution in [0.5, 0.6) is 5.75 Å². The van der Waals surface area contributed by atoms with Crippen LogP contribution >= 0.6 is 0 Å². The van der Waals surface area contributed by atoms with Gasteiger partial charge in [0, 0.05) is 24.6 Å². The summed E-state index contributed by atoms with van der Waals surface area (Å²) in [4.78, 5) is 11.9. The van der Waals surface area contributed by atoms with Gasteiger partial charge in [0.05, 0.1) is 6.61 Å². The molecule has 0 unspecified atom stereocenters. The van der Waals surface area contributed by atoms with Crippen LogP contribution in [0.25, 0.3) is 0 Å². The van der Waals surface area contributed by atoms with Crippen molar-refractivity contribution in [2.45, 2.75) is 18.8 Å². The van der Waals surface area contributed by atoms with Gasteiger partial charge in [-0.2, -0.15) is 0 Å². The number of ether oxygens (including phenoxy) is 1. The van der Waals surface area contributed by atoms with Crippen LogP contribution in [0.3, 0.4) is 0 Å². The van der Waals surface area contributed by atoms with Crippen LogP contribution in [0.4, 0.5) is 4.79 Å². The van der Waals surface area contributed by atoms with Crippen molar-refractivity contribution in [3.63, 3.8) is 0 Å². The number of benzene rings is 2. The minimum Gasteiger partial charge on any atom is -0.493 e. The van der Waals surface area contributed by atoms with Crippen LogP contribution in [0.15, 0.2) is 54.6 Å². The molecular formula is C19H22N2O2. The van der Waals surface area contributed by atoms with Gasteiger partial charge in [0.1, 0.15) is 5.75 Å². The number of rotatable bonds is 6. The van der Waals surface area contributed by atoms with Crippen LogP contribution in [0.1, 0.15) is 23.5 Å². The summed E-state index contributed by atoms with van der Waals surface area (Å²) in [5.41, 5.74) is 2.48. The zero-order chi connectivity index (χ0) is 15.9. The van der Waals surface area contributed by atoms with Gasteiger partial charge in [-0.3, -0.25) is 0 Å². The molecule has 0 aliphatic carbocycles. The van der Waals surface area contributed by atoms with E-state index < -0.39 is 0 Å². The van der Waals surface area contributed by atoms with E-state index in [0.717, 1.165) is 18.6 Å². The molecule has 120 valence electrons. The number of aryl methyl sites for hydroxylation is 1. The first-order chi connectivity index (χ1) is 11.3. The molecule has 2 amide bonds. The second-order valence-corrected chi connectivity index (χ2v) is 5.77. The lowest BCUT2D eigenvalue weighted by Gasteiger charge is -2.11. The van der Waals surface area contributed by atoms with Gasteiger partial charge in [0.15, 0.2) is 0 Å². The fourth-order valence-corrected chi connectivity index (χ4v) is 2.82. The number of nitrogens with one attached hydrogen (secondary N) is 2. The van der Waals surface area contributed by atoms with E-state index in [9.17, 15) is 4.79 Å². The molecule has 0 saturated carbocycles. The zero-order valence-corrected chi connectivity index (χ0v) is 13.1. The van der Waals surface area contributed by atoms with Crippen molar-refractivity contribution >= 4 is 6.03 Å². The van der Waals surface area contributed by atoms with Gasteiger partial charge in [-0.05, 0) is 24.5 Å². The lowest BCUT2D eigenvalue weighted by Crippen LogP contribution is -2.38. The lowest BCUT2D eigenvalue weighted by atomic mass is 10.0. The van der Waals surface area contributed by atoms with E-state index in [1.807, 2.05) is 36.4 Å². The Balaban J connectivity index is 1.34. The average Bonchev–Trinajstić information content (AvgIpc) is 3.01.